The molecule has 0 bridgehead atoms. The Morgan fingerprint density at radius 1 is 1.12 bits per heavy atom. The lowest BCUT2D eigenvalue weighted by Gasteiger charge is -2.13. The molecule has 0 atom stereocenters. The first-order valence-electron chi connectivity index (χ1n) is 9.57. The SMILES string of the molecule is COc1cc(/C=C2\N=C(c3cc(I)ccc3Cl)OC2=O)cc(Cl)c1OCc1ccccc1F. The molecule has 1 aliphatic rings. The van der Waals surface area contributed by atoms with Crippen LogP contribution in [0.1, 0.15) is 16.7 Å². The summed E-state index contributed by atoms with van der Waals surface area (Å²) in [5, 5.41) is 0.651. The summed E-state index contributed by atoms with van der Waals surface area (Å²) in [7, 11) is 1.46. The van der Waals surface area contributed by atoms with Crippen LogP contribution in [-0.4, -0.2) is 19.0 Å². The standard InChI is InChI=1S/C24H15Cl2FINO4/c1-31-21-10-13(8-18(26)22(21)32-12-14-4-2-3-5-19(14)27)9-20-24(30)33-23(29-20)16-11-15(28)6-7-17(16)25/h2-11H,12H2,1H3/b20-9-. The summed E-state index contributed by atoms with van der Waals surface area (Å²) >= 11 is 14.8. The van der Waals surface area contributed by atoms with Gasteiger partial charge in [0.2, 0.25) is 5.90 Å². The maximum absolute atomic E-state index is 13.9. The molecule has 9 heteroatoms. The van der Waals surface area contributed by atoms with Crippen molar-refractivity contribution in [3.8, 4) is 11.5 Å². The van der Waals surface area contributed by atoms with Gasteiger partial charge < -0.3 is 14.2 Å². The highest BCUT2D eigenvalue weighted by atomic mass is 127. The van der Waals surface area contributed by atoms with Crippen molar-refractivity contribution >= 4 is 63.7 Å². The van der Waals surface area contributed by atoms with Crippen molar-refractivity contribution in [2.75, 3.05) is 7.11 Å². The molecule has 1 heterocycles. The van der Waals surface area contributed by atoms with Gasteiger partial charge in [-0.25, -0.2) is 14.2 Å². The van der Waals surface area contributed by atoms with Gasteiger partial charge in [-0.05, 0) is 70.6 Å². The highest BCUT2D eigenvalue weighted by molar-refractivity contribution is 14.1. The number of rotatable bonds is 6. The van der Waals surface area contributed by atoms with Gasteiger partial charge in [0.25, 0.3) is 0 Å². The highest BCUT2D eigenvalue weighted by Crippen LogP contribution is 2.38. The van der Waals surface area contributed by atoms with E-state index in [1.165, 1.54) is 19.3 Å². The number of esters is 1. The number of hydrogen-bond acceptors (Lipinski definition) is 5. The fourth-order valence-corrected chi connectivity index (χ4v) is 4.04. The van der Waals surface area contributed by atoms with E-state index in [1.807, 2.05) is 6.07 Å². The molecule has 0 N–H and O–H groups in total. The molecule has 5 nitrogen and oxygen atoms in total. The van der Waals surface area contributed by atoms with Crippen LogP contribution in [0.4, 0.5) is 4.39 Å². The Hall–Kier alpha value is -2.62. The van der Waals surface area contributed by atoms with Gasteiger partial charge in [-0.1, -0.05) is 41.4 Å². The summed E-state index contributed by atoms with van der Waals surface area (Å²) in [5.74, 6) is -0.293. The van der Waals surface area contributed by atoms with Crippen LogP contribution in [-0.2, 0) is 16.1 Å². The molecule has 1 aliphatic heterocycles. The lowest BCUT2D eigenvalue weighted by atomic mass is 10.1. The Morgan fingerprint density at radius 3 is 2.67 bits per heavy atom. The Morgan fingerprint density at radius 2 is 1.91 bits per heavy atom. The zero-order chi connectivity index (χ0) is 23.5. The number of halogens is 4. The van der Waals surface area contributed by atoms with Gasteiger partial charge in [0.1, 0.15) is 12.4 Å². The molecule has 0 aromatic heterocycles. The fourth-order valence-electron chi connectivity index (χ4n) is 3.07. The number of carbonyl (C=O) groups excluding carboxylic acids is 1. The maximum atomic E-state index is 13.9. The second kappa shape index (κ2) is 10.1. The zero-order valence-electron chi connectivity index (χ0n) is 17.1. The van der Waals surface area contributed by atoms with Gasteiger partial charge in [-0.15, -0.1) is 0 Å². The molecule has 0 unspecified atom stereocenters. The van der Waals surface area contributed by atoms with E-state index in [9.17, 15) is 9.18 Å². The van der Waals surface area contributed by atoms with Crippen molar-refractivity contribution < 1.29 is 23.4 Å². The monoisotopic (exact) mass is 597 g/mol. The first kappa shape index (κ1) is 23.5. The molecule has 3 aromatic carbocycles. The summed E-state index contributed by atoms with van der Waals surface area (Å²) < 4.78 is 31.2. The van der Waals surface area contributed by atoms with Crippen LogP contribution in [0.15, 0.2) is 65.3 Å². The van der Waals surface area contributed by atoms with Gasteiger partial charge in [0, 0.05) is 9.13 Å². The van der Waals surface area contributed by atoms with Crippen LogP contribution in [0.3, 0.4) is 0 Å². The molecule has 0 radical (unpaired) electrons. The van der Waals surface area contributed by atoms with Crippen LogP contribution in [0.5, 0.6) is 11.5 Å². The Kier molecular flexibility index (Phi) is 7.21. The third-order valence-electron chi connectivity index (χ3n) is 4.66. The van der Waals surface area contributed by atoms with E-state index in [2.05, 4.69) is 27.6 Å². The third-order valence-corrected chi connectivity index (χ3v) is 5.95. The second-order valence-corrected chi connectivity index (χ2v) is 8.93. The maximum Gasteiger partial charge on any atom is 0.363 e. The van der Waals surface area contributed by atoms with E-state index in [-0.39, 0.29) is 34.8 Å². The molecule has 0 aliphatic carbocycles. The van der Waals surface area contributed by atoms with E-state index >= 15 is 0 Å². The van der Waals surface area contributed by atoms with Crippen molar-refractivity contribution in [1.82, 2.24) is 0 Å². The summed E-state index contributed by atoms with van der Waals surface area (Å²) in [6.07, 6.45) is 1.52. The van der Waals surface area contributed by atoms with Crippen molar-refractivity contribution in [1.29, 1.82) is 0 Å². The van der Waals surface area contributed by atoms with Crippen molar-refractivity contribution in [3.05, 3.63) is 96.4 Å². The number of benzene rings is 3. The van der Waals surface area contributed by atoms with Crippen molar-refractivity contribution in [2.45, 2.75) is 6.61 Å². The fraction of sp³-hybridized carbons (Fsp3) is 0.0833. The molecule has 33 heavy (non-hydrogen) atoms. The molecule has 0 saturated carbocycles. The minimum atomic E-state index is -0.616. The van der Waals surface area contributed by atoms with E-state index in [4.69, 9.17) is 37.4 Å². The summed E-state index contributed by atoms with van der Waals surface area (Å²) in [6.45, 7) is -0.0280. The highest BCUT2D eigenvalue weighted by Gasteiger charge is 2.26. The molecule has 4 rings (SSSR count). The smallest absolute Gasteiger partial charge is 0.363 e. The number of nitrogens with zero attached hydrogens (tertiary/aromatic N) is 1. The molecule has 3 aromatic rings. The van der Waals surface area contributed by atoms with Crippen LogP contribution in [0, 0.1) is 9.39 Å². The minimum absolute atomic E-state index is 0.0280. The largest absolute Gasteiger partial charge is 0.493 e. The lowest BCUT2D eigenvalue weighted by Crippen LogP contribution is -2.06. The normalized spacial score (nSPS) is 14.3. The average Bonchev–Trinajstić information content (AvgIpc) is 3.15. The third kappa shape index (κ3) is 5.31. The predicted molar refractivity (Wildman–Crippen MR) is 134 cm³/mol. The zero-order valence-corrected chi connectivity index (χ0v) is 20.7. The van der Waals surface area contributed by atoms with Gasteiger partial charge in [-0.3, -0.25) is 0 Å². The molecular weight excluding hydrogens is 583 g/mol. The van der Waals surface area contributed by atoms with Crippen molar-refractivity contribution in [3.63, 3.8) is 0 Å². The number of hydrogen-bond donors (Lipinski definition) is 0. The van der Waals surface area contributed by atoms with E-state index in [0.717, 1.165) is 3.57 Å². The second-order valence-electron chi connectivity index (χ2n) is 6.87. The van der Waals surface area contributed by atoms with Crippen molar-refractivity contribution in [2.24, 2.45) is 4.99 Å². The average molecular weight is 598 g/mol. The van der Waals surface area contributed by atoms with Crippen LogP contribution in [0.25, 0.3) is 6.08 Å². The molecule has 0 saturated heterocycles. The van der Waals surface area contributed by atoms with Gasteiger partial charge >= 0.3 is 5.97 Å². The van der Waals surface area contributed by atoms with E-state index < -0.39 is 5.97 Å². The summed E-state index contributed by atoms with van der Waals surface area (Å²) in [4.78, 5) is 16.7. The Balaban J connectivity index is 1.62. The Bertz CT molecular complexity index is 1310. The van der Waals surface area contributed by atoms with Gasteiger partial charge in [-0.2, -0.15) is 0 Å². The molecule has 0 fully saturated rings. The summed E-state index contributed by atoms with van der Waals surface area (Å²) in [5.41, 5.74) is 1.53. The topological polar surface area (TPSA) is 57.1 Å². The summed E-state index contributed by atoms with van der Waals surface area (Å²) in [6, 6.07) is 14.8. The molecule has 168 valence electrons. The first-order valence-corrected chi connectivity index (χ1v) is 11.4. The lowest BCUT2D eigenvalue weighted by molar-refractivity contribution is -0.129. The minimum Gasteiger partial charge on any atom is -0.493 e. The number of aliphatic imine (C=N–C) groups is 1. The number of ether oxygens (including phenoxy) is 3. The van der Waals surface area contributed by atoms with E-state index in [1.54, 1.807) is 42.5 Å². The van der Waals surface area contributed by atoms with Crippen LogP contribution >= 0.6 is 45.8 Å². The predicted octanol–water partition coefficient (Wildman–Crippen LogP) is 6.67. The number of cyclic esters (lactones) is 1. The first-order chi connectivity index (χ1) is 15.9. The molecular formula is C24H15Cl2FINO4. The van der Waals surface area contributed by atoms with Crippen LogP contribution < -0.4 is 9.47 Å². The number of methoxy groups -OCH3 is 1. The Labute approximate surface area is 212 Å². The van der Waals surface area contributed by atoms with E-state index in [0.29, 0.717) is 27.5 Å². The molecule has 0 amide bonds. The van der Waals surface area contributed by atoms with Gasteiger partial charge in [0.05, 0.1) is 22.7 Å². The molecule has 0 spiro atoms. The van der Waals surface area contributed by atoms with Crippen LogP contribution in [0.2, 0.25) is 10.0 Å². The quantitative estimate of drug-likeness (QED) is 0.181. The number of carbonyl (C=O) groups is 1. The van der Waals surface area contributed by atoms with Gasteiger partial charge in [0.15, 0.2) is 17.2 Å².